The molecule has 2 nitrogen and oxygen atoms in total. The van der Waals surface area contributed by atoms with Crippen molar-refractivity contribution in [3.63, 3.8) is 0 Å². The minimum absolute atomic E-state index is 0.155. The van der Waals surface area contributed by atoms with Crippen molar-refractivity contribution in [2.45, 2.75) is 0 Å². The predicted octanol–water partition coefficient (Wildman–Crippen LogP) is 1.43. The normalized spacial score (nSPS) is 8.77. The average molecular weight is 242 g/mol. The summed E-state index contributed by atoms with van der Waals surface area (Å²) in [5, 5.41) is 0. The first-order chi connectivity index (χ1) is 6.09. The summed E-state index contributed by atoms with van der Waals surface area (Å²) >= 11 is 3.10. The van der Waals surface area contributed by atoms with Crippen LogP contribution in [0.4, 0.5) is 4.39 Å². The van der Waals surface area contributed by atoms with Crippen LogP contribution in [0.25, 0.3) is 0 Å². The average Bonchev–Trinajstić information content (AvgIpc) is 2.02. The Morgan fingerprint density at radius 2 is 2.23 bits per heavy atom. The maximum atomic E-state index is 13.0. The van der Waals surface area contributed by atoms with E-state index >= 15 is 0 Å². The van der Waals surface area contributed by atoms with Crippen LogP contribution in [0.2, 0.25) is 0 Å². The minimum Gasteiger partial charge on any atom is -0.359 e. The summed E-state index contributed by atoms with van der Waals surface area (Å²) in [5.74, 6) is 3.12. The molecule has 1 amide bonds. The van der Waals surface area contributed by atoms with Crippen molar-refractivity contribution < 1.29 is 9.18 Å². The summed E-state index contributed by atoms with van der Waals surface area (Å²) in [5.41, 5.74) is 4.93. The monoisotopic (exact) mass is 241 g/mol. The first-order valence-corrected chi connectivity index (χ1v) is 4.15. The maximum Gasteiger partial charge on any atom is 0.293 e. The van der Waals surface area contributed by atoms with Crippen LogP contribution in [0, 0.1) is 17.7 Å². The molecular formula is C9H5BrFNO. The lowest BCUT2D eigenvalue weighted by atomic mass is 10.2. The molecule has 1 rings (SSSR count). The molecule has 0 atom stereocenters. The first-order valence-electron chi connectivity index (χ1n) is 3.36. The zero-order valence-electron chi connectivity index (χ0n) is 6.47. The molecule has 0 spiro atoms. The second-order valence-corrected chi connectivity index (χ2v) is 3.15. The molecule has 2 N–H and O–H groups in total. The third-order valence-corrected chi connectivity index (χ3v) is 1.74. The third kappa shape index (κ3) is 2.88. The number of benzene rings is 1. The predicted molar refractivity (Wildman–Crippen MR) is 50.2 cm³/mol. The SMILES string of the molecule is NC(=O)C#Cc1ccc(Br)cc1F. The summed E-state index contributed by atoms with van der Waals surface area (Å²) < 4.78 is 13.6. The molecule has 1 aromatic carbocycles. The van der Waals surface area contributed by atoms with E-state index in [0.717, 1.165) is 0 Å². The molecule has 0 fully saturated rings. The Hall–Kier alpha value is -1.34. The molecule has 0 bridgehead atoms. The standard InChI is InChI=1S/C9H5BrFNO/c10-7-3-1-6(8(11)5-7)2-4-9(12)13/h1,3,5H,(H2,12,13). The number of amides is 1. The molecule has 0 aliphatic rings. The number of nitrogens with two attached hydrogens (primary N) is 1. The third-order valence-electron chi connectivity index (χ3n) is 1.25. The number of hydrogen-bond acceptors (Lipinski definition) is 1. The van der Waals surface area contributed by atoms with E-state index in [0.29, 0.717) is 4.47 Å². The van der Waals surface area contributed by atoms with E-state index in [1.807, 2.05) is 0 Å². The summed E-state index contributed by atoms with van der Waals surface area (Å²) in [7, 11) is 0. The number of rotatable bonds is 0. The van der Waals surface area contributed by atoms with Crippen molar-refractivity contribution >= 4 is 21.8 Å². The minimum atomic E-state index is -0.776. The van der Waals surface area contributed by atoms with Crippen molar-refractivity contribution in [2.75, 3.05) is 0 Å². The van der Waals surface area contributed by atoms with Gasteiger partial charge in [-0.1, -0.05) is 21.9 Å². The van der Waals surface area contributed by atoms with E-state index in [-0.39, 0.29) is 5.56 Å². The van der Waals surface area contributed by atoms with Crippen molar-refractivity contribution in [3.8, 4) is 11.8 Å². The number of carbonyl (C=O) groups is 1. The molecule has 1 aromatic rings. The molecule has 66 valence electrons. The lowest BCUT2D eigenvalue weighted by Crippen LogP contribution is -2.06. The Morgan fingerprint density at radius 1 is 1.54 bits per heavy atom. The van der Waals surface area contributed by atoms with Crippen LogP contribution in [-0.2, 0) is 4.79 Å². The van der Waals surface area contributed by atoms with Crippen LogP contribution in [0.3, 0.4) is 0 Å². The number of halogens is 2. The molecule has 13 heavy (non-hydrogen) atoms. The topological polar surface area (TPSA) is 43.1 Å². The smallest absolute Gasteiger partial charge is 0.293 e. The highest BCUT2D eigenvalue weighted by Gasteiger charge is 1.98. The summed E-state index contributed by atoms with van der Waals surface area (Å²) in [6, 6.07) is 4.37. The lowest BCUT2D eigenvalue weighted by Gasteiger charge is -1.93. The fourth-order valence-corrected chi connectivity index (χ4v) is 1.05. The Kier molecular flexibility index (Phi) is 3.04. The molecule has 0 saturated heterocycles. The van der Waals surface area contributed by atoms with Gasteiger partial charge in [0.2, 0.25) is 0 Å². The van der Waals surface area contributed by atoms with E-state index in [4.69, 9.17) is 5.73 Å². The quantitative estimate of drug-likeness (QED) is 0.687. The fraction of sp³-hybridized carbons (Fsp3) is 0. The lowest BCUT2D eigenvalue weighted by molar-refractivity contribution is -0.112. The number of carbonyl (C=O) groups excluding carboxylic acids is 1. The van der Waals surface area contributed by atoms with Gasteiger partial charge in [-0.05, 0) is 18.2 Å². The first kappa shape index (κ1) is 9.75. The molecule has 0 aromatic heterocycles. The van der Waals surface area contributed by atoms with E-state index < -0.39 is 11.7 Å². The van der Waals surface area contributed by atoms with Crippen molar-refractivity contribution in [1.29, 1.82) is 0 Å². The maximum absolute atomic E-state index is 13.0. The van der Waals surface area contributed by atoms with Crippen molar-refractivity contribution in [2.24, 2.45) is 5.73 Å². The van der Waals surface area contributed by atoms with Crippen LogP contribution in [0.1, 0.15) is 5.56 Å². The zero-order chi connectivity index (χ0) is 9.84. The highest BCUT2D eigenvalue weighted by atomic mass is 79.9. The van der Waals surface area contributed by atoms with Gasteiger partial charge >= 0.3 is 0 Å². The van der Waals surface area contributed by atoms with Crippen LogP contribution in [0.15, 0.2) is 22.7 Å². The van der Waals surface area contributed by atoms with Crippen molar-refractivity contribution in [1.82, 2.24) is 0 Å². The van der Waals surface area contributed by atoms with E-state index in [1.165, 1.54) is 12.1 Å². The molecule has 0 aliphatic heterocycles. The molecule has 0 unspecified atom stereocenters. The van der Waals surface area contributed by atoms with Gasteiger partial charge in [0.05, 0.1) is 5.56 Å². The van der Waals surface area contributed by atoms with Gasteiger partial charge in [0, 0.05) is 10.4 Å². The van der Waals surface area contributed by atoms with Crippen LogP contribution in [0.5, 0.6) is 0 Å². The molecule has 0 heterocycles. The van der Waals surface area contributed by atoms with Gasteiger partial charge in [-0.15, -0.1) is 0 Å². The van der Waals surface area contributed by atoms with Gasteiger partial charge in [0.1, 0.15) is 5.82 Å². The summed E-state index contributed by atoms with van der Waals surface area (Å²) in [6.45, 7) is 0. The summed E-state index contributed by atoms with van der Waals surface area (Å²) in [6.07, 6.45) is 0. The van der Waals surface area contributed by atoms with E-state index in [2.05, 4.69) is 27.8 Å². The Labute approximate surface area is 83.1 Å². The van der Waals surface area contributed by atoms with Crippen LogP contribution >= 0.6 is 15.9 Å². The molecular weight excluding hydrogens is 237 g/mol. The van der Waals surface area contributed by atoms with Gasteiger partial charge in [-0.3, -0.25) is 4.79 Å². The van der Waals surface area contributed by atoms with E-state index in [9.17, 15) is 9.18 Å². The largest absolute Gasteiger partial charge is 0.359 e. The Morgan fingerprint density at radius 3 is 2.77 bits per heavy atom. The number of hydrogen-bond donors (Lipinski definition) is 1. The molecule has 0 saturated carbocycles. The summed E-state index contributed by atoms with van der Waals surface area (Å²) in [4.78, 5) is 10.3. The van der Waals surface area contributed by atoms with Crippen molar-refractivity contribution in [3.05, 3.63) is 34.1 Å². The second kappa shape index (κ2) is 4.06. The molecule has 0 aliphatic carbocycles. The number of primary amides is 1. The van der Waals surface area contributed by atoms with Gasteiger partial charge in [-0.2, -0.15) is 0 Å². The second-order valence-electron chi connectivity index (χ2n) is 2.24. The Balaban J connectivity index is 3.05. The Bertz CT molecular complexity index is 406. The van der Waals surface area contributed by atoms with Gasteiger partial charge < -0.3 is 5.73 Å². The van der Waals surface area contributed by atoms with Crippen LogP contribution in [-0.4, -0.2) is 5.91 Å². The zero-order valence-corrected chi connectivity index (χ0v) is 8.06. The van der Waals surface area contributed by atoms with Crippen LogP contribution < -0.4 is 5.73 Å². The van der Waals surface area contributed by atoms with Gasteiger partial charge in [0.25, 0.3) is 5.91 Å². The van der Waals surface area contributed by atoms with Gasteiger partial charge in [0.15, 0.2) is 0 Å². The van der Waals surface area contributed by atoms with Gasteiger partial charge in [-0.25, -0.2) is 4.39 Å². The molecule has 4 heteroatoms. The molecule has 0 radical (unpaired) electrons. The van der Waals surface area contributed by atoms with E-state index in [1.54, 1.807) is 6.07 Å². The fourth-order valence-electron chi connectivity index (χ4n) is 0.720. The highest BCUT2D eigenvalue weighted by Crippen LogP contribution is 2.14. The highest BCUT2D eigenvalue weighted by molar-refractivity contribution is 9.10.